The van der Waals surface area contributed by atoms with Crippen molar-refractivity contribution in [2.24, 2.45) is 0 Å². The number of amides is 3. The lowest BCUT2D eigenvalue weighted by atomic mass is 10.1. The predicted molar refractivity (Wildman–Crippen MR) is 115 cm³/mol. The first kappa shape index (κ1) is 22.1. The van der Waals surface area contributed by atoms with Gasteiger partial charge >= 0.3 is 0 Å². The van der Waals surface area contributed by atoms with Crippen molar-refractivity contribution in [2.45, 2.75) is 34.1 Å². The molecule has 2 rings (SSSR count). The maximum Gasteiger partial charge on any atom is 0.251 e. The van der Waals surface area contributed by atoms with E-state index in [9.17, 15) is 14.4 Å². The molecule has 0 unspecified atom stereocenters. The van der Waals surface area contributed by atoms with E-state index in [1.807, 2.05) is 52.0 Å². The number of nitrogens with one attached hydrogen (secondary N) is 2. The highest BCUT2D eigenvalue weighted by Crippen LogP contribution is 2.21. The van der Waals surface area contributed by atoms with E-state index in [0.29, 0.717) is 5.56 Å². The summed E-state index contributed by atoms with van der Waals surface area (Å²) in [6, 6.07) is 11.3. The van der Waals surface area contributed by atoms with Gasteiger partial charge in [0.1, 0.15) is 0 Å². The standard InChI is InChI=1S/C23H29N3O3/c1-15-12-17(3)22(18(4)13-15)25-20(27)14-26(5)21(28)10-11-24-23(29)19-9-7-6-8-16(19)2/h6-9,12-13H,10-11,14H2,1-5H3,(H,24,29)(H,25,27). The van der Waals surface area contributed by atoms with E-state index < -0.39 is 0 Å². The van der Waals surface area contributed by atoms with E-state index in [1.165, 1.54) is 4.90 Å². The van der Waals surface area contributed by atoms with Crippen molar-refractivity contribution in [1.82, 2.24) is 10.2 Å². The molecule has 0 saturated heterocycles. The number of carbonyl (C=O) groups is 3. The Morgan fingerprint density at radius 3 is 2.17 bits per heavy atom. The lowest BCUT2D eigenvalue weighted by molar-refractivity contribution is -0.133. The van der Waals surface area contributed by atoms with Crippen LogP contribution < -0.4 is 10.6 Å². The fraction of sp³-hybridized carbons (Fsp3) is 0.348. The average molecular weight is 396 g/mol. The SMILES string of the molecule is Cc1cc(C)c(NC(=O)CN(C)C(=O)CCNC(=O)c2ccccc2C)c(C)c1. The summed E-state index contributed by atoms with van der Waals surface area (Å²) in [5, 5.41) is 5.64. The predicted octanol–water partition coefficient (Wildman–Crippen LogP) is 3.14. The van der Waals surface area contributed by atoms with Crippen LogP contribution in [0.4, 0.5) is 5.69 Å². The van der Waals surface area contributed by atoms with E-state index in [1.54, 1.807) is 19.2 Å². The third-order valence-corrected chi connectivity index (χ3v) is 4.76. The minimum absolute atomic E-state index is 0.0443. The highest BCUT2D eigenvalue weighted by Gasteiger charge is 2.15. The van der Waals surface area contributed by atoms with Crippen molar-refractivity contribution in [1.29, 1.82) is 0 Å². The molecule has 0 aliphatic heterocycles. The molecule has 0 radical (unpaired) electrons. The van der Waals surface area contributed by atoms with Crippen LogP contribution in [0, 0.1) is 27.7 Å². The summed E-state index contributed by atoms with van der Waals surface area (Å²) in [6.45, 7) is 7.94. The summed E-state index contributed by atoms with van der Waals surface area (Å²) < 4.78 is 0. The van der Waals surface area contributed by atoms with Gasteiger partial charge in [-0.05, 0) is 50.5 Å². The van der Waals surface area contributed by atoms with Crippen molar-refractivity contribution in [2.75, 3.05) is 25.5 Å². The van der Waals surface area contributed by atoms with Gasteiger partial charge in [-0.15, -0.1) is 0 Å². The van der Waals surface area contributed by atoms with Crippen LogP contribution in [0.15, 0.2) is 36.4 Å². The molecule has 154 valence electrons. The maximum atomic E-state index is 12.3. The lowest BCUT2D eigenvalue weighted by Crippen LogP contribution is -2.37. The van der Waals surface area contributed by atoms with Crippen molar-refractivity contribution in [3.05, 3.63) is 64.2 Å². The molecule has 6 nitrogen and oxygen atoms in total. The molecule has 0 bridgehead atoms. The Balaban J connectivity index is 1.82. The molecule has 3 amide bonds. The fourth-order valence-electron chi connectivity index (χ4n) is 3.26. The number of benzene rings is 2. The molecule has 0 atom stereocenters. The summed E-state index contributed by atoms with van der Waals surface area (Å²) in [5.74, 6) is -0.663. The van der Waals surface area contributed by atoms with Crippen LogP contribution in [0.2, 0.25) is 0 Å². The number of aryl methyl sites for hydroxylation is 4. The highest BCUT2D eigenvalue weighted by atomic mass is 16.2. The highest BCUT2D eigenvalue weighted by molar-refractivity contribution is 5.97. The maximum absolute atomic E-state index is 12.3. The third-order valence-electron chi connectivity index (χ3n) is 4.76. The molecule has 2 aromatic carbocycles. The number of carbonyl (C=O) groups excluding carboxylic acids is 3. The largest absolute Gasteiger partial charge is 0.352 e. The first-order valence-corrected chi connectivity index (χ1v) is 9.64. The quantitative estimate of drug-likeness (QED) is 0.756. The monoisotopic (exact) mass is 395 g/mol. The van der Waals surface area contributed by atoms with Crippen LogP contribution in [-0.2, 0) is 9.59 Å². The van der Waals surface area contributed by atoms with Crippen LogP contribution in [-0.4, -0.2) is 42.8 Å². The second-order valence-corrected chi connectivity index (χ2v) is 7.39. The molecule has 0 spiro atoms. The Labute approximate surface area is 172 Å². The number of nitrogens with zero attached hydrogens (tertiary/aromatic N) is 1. The smallest absolute Gasteiger partial charge is 0.251 e. The average Bonchev–Trinajstić information content (AvgIpc) is 2.64. The molecule has 29 heavy (non-hydrogen) atoms. The molecule has 2 aromatic rings. The van der Waals surface area contributed by atoms with Crippen LogP contribution in [0.3, 0.4) is 0 Å². The second-order valence-electron chi connectivity index (χ2n) is 7.39. The normalized spacial score (nSPS) is 10.4. The third kappa shape index (κ3) is 6.17. The zero-order valence-electron chi connectivity index (χ0n) is 17.8. The molecule has 0 aliphatic carbocycles. The summed E-state index contributed by atoms with van der Waals surface area (Å²) in [4.78, 5) is 38.2. The van der Waals surface area contributed by atoms with Crippen molar-refractivity contribution in [3.8, 4) is 0 Å². The molecule has 0 saturated carbocycles. The van der Waals surface area contributed by atoms with Gasteiger partial charge in [-0.1, -0.05) is 35.9 Å². The molecule has 0 fully saturated rings. The van der Waals surface area contributed by atoms with Gasteiger partial charge in [0.25, 0.3) is 5.91 Å². The van der Waals surface area contributed by atoms with Gasteiger partial charge in [-0.2, -0.15) is 0 Å². The lowest BCUT2D eigenvalue weighted by Gasteiger charge is -2.18. The van der Waals surface area contributed by atoms with Gasteiger partial charge in [0, 0.05) is 31.3 Å². The first-order valence-electron chi connectivity index (χ1n) is 9.64. The van der Waals surface area contributed by atoms with E-state index in [4.69, 9.17) is 0 Å². The van der Waals surface area contributed by atoms with Gasteiger partial charge in [0.2, 0.25) is 11.8 Å². The van der Waals surface area contributed by atoms with Crippen molar-refractivity contribution in [3.63, 3.8) is 0 Å². The molecule has 0 aliphatic rings. The zero-order valence-corrected chi connectivity index (χ0v) is 17.8. The van der Waals surface area contributed by atoms with E-state index in [-0.39, 0.29) is 37.2 Å². The zero-order chi connectivity index (χ0) is 21.6. The Hall–Kier alpha value is -3.15. The molecule has 0 heterocycles. The number of likely N-dealkylation sites (N-methyl/N-ethyl adjacent to an activating group) is 1. The molecule has 2 N–H and O–H groups in total. The summed E-state index contributed by atoms with van der Waals surface area (Å²) in [7, 11) is 1.58. The summed E-state index contributed by atoms with van der Waals surface area (Å²) >= 11 is 0. The molecular weight excluding hydrogens is 366 g/mol. The number of anilines is 1. The number of rotatable bonds is 7. The number of hydrogen-bond donors (Lipinski definition) is 2. The van der Waals surface area contributed by atoms with E-state index >= 15 is 0 Å². The molecule has 6 heteroatoms. The van der Waals surface area contributed by atoms with E-state index in [2.05, 4.69) is 10.6 Å². The molecular formula is C23H29N3O3. The van der Waals surface area contributed by atoms with Crippen LogP contribution in [0.25, 0.3) is 0 Å². The van der Waals surface area contributed by atoms with Gasteiger partial charge < -0.3 is 15.5 Å². The Bertz CT molecular complexity index is 898. The van der Waals surface area contributed by atoms with E-state index in [0.717, 1.165) is 27.9 Å². The minimum Gasteiger partial charge on any atom is -0.352 e. The topological polar surface area (TPSA) is 78.5 Å². The Morgan fingerprint density at radius 2 is 1.55 bits per heavy atom. The van der Waals surface area contributed by atoms with Gasteiger partial charge in [-0.25, -0.2) is 0 Å². The number of hydrogen-bond acceptors (Lipinski definition) is 3. The van der Waals surface area contributed by atoms with Crippen molar-refractivity contribution < 1.29 is 14.4 Å². The first-order chi connectivity index (χ1) is 13.7. The molecule has 0 aromatic heterocycles. The van der Waals surface area contributed by atoms with Crippen LogP contribution >= 0.6 is 0 Å². The van der Waals surface area contributed by atoms with Gasteiger partial charge in [-0.3, -0.25) is 14.4 Å². The van der Waals surface area contributed by atoms with Crippen molar-refractivity contribution >= 4 is 23.4 Å². The minimum atomic E-state index is -0.250. The fourth-order valence-corrected chi connectivity index (χ4v) is 3.26. The summed E-state index contributed by atoms with van der Waals surface area (Å²) in [5.41, 5.74) is 5.38. The Kier molecular flexibility index (Phi) is 7.53. The Morgan fingerprint density at radius 1 is 0.931 bits per heavy atom. The van der Waals surface area contributed by atoms with Gasteiger partial charge in [0.05, 0.1) is 6.54 Å². The second kappa shape index (κ2) is 9.87. The van der Waals surface area contributed by atoms with Crippen LogP contribution in [0.1, 0.15) is 39.0 Å². The van der Waals surface area contributed by atoms with Gasteiger partial charge in [0.15, 0.2) is 0 Å². The van der Waals surface area contributed by atoms with Crippen LogP contribution in [0.5, 0.6) is 0 Å². The summed E-state index contributed by atoms with van der Waals surface area (Å²) in [6.07, 6.45) is 0.129.